The number of nitrogens with zero attached hydrogens (tertiary/aromatic N) is 3. The van der Waals surface area contributed by atoms with Crippen LogP contribution in [0.25, 0.3) is 10.7 Å². The first-order valence-corrected chi connectivity index (χ1v) is 9.77. The Labute approximate surface area is 144 Å². The molecule has 3 heterocycles. The number of H-pyrrole nitrogens is 1. The highest BCUT2D eigenvalue weighted by Crippen LogP contribution is 2.29. The summed E-state index contributed by atoms with van der Waals surface area (Å²) in [6.07, 6.45) is 3.39. The Kier molecular flexibility index (Phi) is 5.06. The lowest BCUT2D eigenvalue weighted by Gasteiger charge is -2.40. The number of thiophene rings is 1. The minimum Gasteiger partial charge on any atom is -0.336 e. The van der Waals surface area contributed by atoms with Crippen LogP contribution in [0, 0.1) is 0 Å². The molecule has 0 spiro atoms. The molecule has 0 saturated carbocycles. The van der Waals surface area contributed by atoms with Crippen LogP contribution in [0.3, 0.4) is 0 Å². The van der Waals surface area contributed by atoms with E-state index in [1.165, 1.54) is 18.2 Å². The molecule has 0 radical (unpaired) electrons. The summed E-state index contributed by atoms with van der Waals surface area (Å²) in [6.45, 7) is 6.24. The normalized spacial score (nSPS) is 23.0. The number of thioether (sulfide) groups is 1. The van der Waals surface area contributed by atoms with Crippen LogP contribution in [-0.2, 0) is 4.79 Å². The number of likely N-dealkylation sites (tertiary alicyclic amines) is 1. The Bertz CT molecular complexity index is 645. The van der Waals surface area contributed by atoms with Crippen LogP contribution in [0.1, 0.15) is 40.0 Å². The highest BCUT2D eigenvalue weighted by molar-refractivity contribution is 8.00. The lowest BCUT2D eigenvalue weighted by atomic mass is 9.97. The first-order chi connectivity index (χ1) is 11.1. The van der Waals surface area contributed by atoms with Gasteiger partial charge in [0.2, 0.25) is 11.1 Å². The number of nitrogens with one attached hydrogen (secondary N) is 1. The third-order valence-corrected chi connectivity index (χ3v) is 6.12. The van der Waals surface area contributed by atoms with Crippen molar-refractivity contribution in [2.45, 2.75) is 62.5 Å². The van der Waals surface area contributed by atoms with E-state index in [0.717, 1.165) is 23.5 Å². The van der Waals surface area contributed by atoms with Gasteiger partial charge in [-0.05, 0) is 51.5 Å². The monoisotopic (exact) mass is 350 g/mol. The summed E-state index contributed by atoms with van der Waals surface area (Å²) in [7, 11) is 0. The van der Waals surface area contributed by atoms with Gasteiger partial charge in [-0.15, -0.1) is 16.4 Å². The Balaban J connectivity index is 1.66. The predicted molar refractivity (Wildman–Crippen MR) is 94.6 cm³/mol. The lowest BCUT2D eigenvalue weighted by molar-refractivity contribution is -0.136. The first-order valence-electron chi connectivity index (χ1n) is 8.01. The molecule has 1 aliphatic heterocycles. The van der Waals surface area contributed by atoms with Crippen LogP contribution < -0.4 is 0 Å². The number of aromatic amines is 1. The van der Waals surface area contributed by atoms with Crippen molar-refractivity contribution in [1.82, 2.24) is 20.1 Å². The molecule has 1 aliphatic rings. The van der Waals surface area contributed by atoms with Gasteiger partial charge in [0.1, 0.15) is 0 Å². The highest BCUT2D eigenvalue weighted by Gasteiger charge is 2.32. The molecule has 0 unspecified atom stereocenters. The van der Waals surface area contributed by atoms with E-state index in [1.807, 2.05) is 29.3 Å². The summed E-state index contributed by atoms with van der Waals surface area (Å²) in [4.78, 5) is 20.4. The van der Waals surface area contributed by atoms with E-state index in [9.17, 15) is 4.79 Å². The van der Waals surface area contributed by atoms with Crippen molar-refractivity contribution in [3.63, 3.8) is 0 Å². The van der Waals surface area contributed by atoms with E-state index < -0.39 is 0 Å². The number of carbonyl (C=O) groups excluding carboxylic acids is 1. The van der Waals surface area contributed by atoms with Crippen molar-refractivity contribution in [2.75, 3.05) is 0 Å². The molecule has 1 saturated heterocycles. The van der Waals surface area contributed by atoms with Gasteiger partial charge >= 0.3 is 0 Å². The molecule has 1 N–H and O–H groups in total. The summed E-state index contributed by atoms with van der Waals surface area (Å²) in [6, 6.07) is 4.64. The van der Waals surface area contributed by atoms with Crippen molar-refractivity contribution >= 4 is 29.0 Å². The third-order valence-electron chi connectivity index (χ3n) is 4.30. The molecule has 0 bridgehead atoms. The van der Waals surface area contributed by atoms with Crippen LogP contribution >= 0.6 is 23.1 Å². The van der Waals surface area contributed by atoms with Crippen molar-refractivity contribution < 1.29 is 4.79 Å². The van der Waals surface area contributed by atoms with E-state index >= 15 is 0 Å². The average molecular weight is 351 g/mol. The van der Waals surface area contributed by atoms with E-state index in [4.69, 9.17) is 0 Å². The molecule has 124 valence electrons. The quantitative estimate of drug-likeness (QED) is 0.852. The number of aromatic nitrogens is 3. The third kappa shape index (κ3) is 3.61. The van der Waals surface area contributed by atoms with Gasteiger partial charge in [-0.25, -0.2) is 4.98 Å². The average Bonchev–Trinajstić information content (AvgIpc) is 3.17. The Morgan fingerprint density at radius 3 is 2.83 bits per heavy atom. The molecule has 0 aliphatic carbocycles. The number of carbonyl (C=O) groups is 1. The van der Waals surface area contributed by atoms with E-state index in [-0.39, 0.29) is 11.2 Å². The number of amides is 1. The van der Waals surface area contributed by atoms with Gasteiger partial charge < -0.3 is 4.90 Å². The lowest BCUT2D eigenvalue weighted by Crippen LogP contribution is -2.50. The van der Waals surface area contributed by atoms with Crippen LogP contribution in [-0.4, -0.2) is 43.3 Å². The highest BCUT2D eigenvalue weighted by atomic mass is 32.2. The van der Waals surface area contributed by atoms with Crippen LogP contribution in [0.15, 0.2) is 22.7 Å². The second kappa shape index (κ2) is 7.05. The van der Waals surface area contributed by atoms with E-state index in [0.29, 0.717) is 17.2 Å². The Morgan fingerprint density at radius 2 is 2.17 bits per heavy atom. The molecular weight excluding hydrogens is 328 g/mol. The molecule has 0 aromatic carbocycles. The van der Waals surface area contributed by atoms with Crippen LogP contribution in [0.2, 0.25) is 0 Å². The van der Waals surface area contributed by atoms with E-state index in [2.05, 4.69) is 29.0 Å². The molecule has 2 aromatic rings. The second-order valence-corrected chi connectivity index (χ2v) is 8.33. The van der Waals surface area contributed by atoms with E-state index in [1.54, 1.807) is 11.3 Å². The SMILES string of the molecule is C[C@@H]1CCC[C@H](C)N1C(=O)[C@@H](C)Sc1n[nH]c(-c2cccs2)n1. The van der Waals surface area contributed by atoms with Gasteiger partial charge in [0.15, 0.2) is 5.82 Å². The molecular formula is C16H22N4OS2. The zero-order chi connectivity index (χ0) is 16.4. The number of piperidine rings is 1. The summed E-state index contributed by atoms with van der Waals surface area (Å²) in [5.41, 5.74) is 0. The van der Waals surface area contributed by atoms with Gasteiger partial charge in [-0.2, -0.15) is 0 Å². The van der Waals surface area contributed by atoms with Crippen LogP contribution in [0.5, 0.6) is 0 Å². The molecule has 7 heteroatoms. The smallest absolute Gasteiger partial charge is 0.236 e. The van der Waals surface area contributed by atoms with Crippen molar-refractivity contribution in [1.29, 1.82) is 0 Å². The maximum Gasteiger partial charge on any atom is 0.236 e. The van der Waals surface area contributed by atoms with Gasteiger partial charge in [-0.1, -0.05) is 17.8 Å². The fourth-order valence-electron chi connectivity index (χ4n) is 3.10. The summed E-state index contributed by atoms with van der Waals surface area (Å²) in [5.74, 6) is 0.957. The molecule has 2 aromatic heterocycles. The van der Waals surface area contributed by atoms with Crippen molar-refractivity contribution in [3.05, 3.63) is 17.5 Å². The zero-order valence-electron chi connectivity index (χ0n) is 13.7. The Hall–Kier alpha value is -1.34. The first kappa shape index (κ1) is 16.5. The number of hydrogen-bond acceptors (Lipinski definition) is 5. The van der Waals surface area contributed by atoms with Crippen LogP contribution in [0.4, 0.5) is 0 Å². The summed E-state index contributed by atoms with van der Waals surface area (Å²) >= 11 is 3.05. The topological polar surface area (TPSA) is 61.9 Å². The molecule has 5 nitrogen and oxygen atoms in total. The van der Waals surface area contributed by atoms with Gasteiger partial charge in [0, 0.05) is 12.1 Å². The maximum absolute atomic E-state index is 12.8. The number of hydrogen-bond donors (Lipinski definition) is 1. The molecule has 23 heavy (non-hydrogen) atoms. The van der Waals surface area contributed by atoms with Crippen molar-refractivity contribution in [3.8, 4) is 10.7 Å². The fraction of sp³-hybridized carbons (Fsp3) is 0.562. The molecule has 3 atom stereocenters. The molecule has 1 fully saturated rings. The maximum atomic E-state index is 12.8. The standard InChI is InChI=1S/C16H22N4OS2/c1-10-6-4-7-11(2)20(10)15(21)12(3)23-16-17-14(18-19-16)13-8-5-9-22-13/h5,8-12H,4,6-7H2,1-3H3,(H,17,18,19)/t10-,11+,12-/m1/s1. The predicted octanol–water partition coefficient (Wildman–Crippen LogP) is 3.80. The minimum absolute atomic E-state index is 0.176. The second-order valence-electron chi connectivity index (χ2n) is 6.08. The molecule has 3 rings (SSSR count). The van der Waals surface area contributed by atoms with Gasteiger partial charge in [0.25, 0.3) is 0 Å². The number of rotatable bonds is 4. The summed E-state index contributed by atoms with van der Waals surface area (Å²) < 4.78 is 0. The summed E-state index contributed by atoms with van der Waals surface area (Å²) in [5, 5.41) is 9.66. The van der Waals surface area contributed by atoms with Gasteiger partial charge in [0.05, 0.1) is 10.1 Å². The minimum atomic E-state index is -0.176. The van der Waals surface area contributed by atoms with Crippen molar-refractivity contribution in [2.24, 2.45) is 0 Å². The zero-order valence-corrected chi connectivity index (χ0v) is 15.3. The van der Waals surface area contributed by atoms with Gasteiger partial charge in [-0.3, -0.25) is 9.89 Å². The molecule has 1 amide bonds. The fourth-order valence-corrected chi connectivity index (χ4v) is 4.54. The Morgan fingerprint density at radius 1 is 1.43 bits per heavy atom. The largest absolute Gasteiger partial charge is 0.336 e.